The van der Waals surface area contributed by atoms with Crippen molar-refractivity contribution in [3.63, 3.8) is 0 Å². The monoisotopic (exact) mass is 256 g/mol. The summed E-state index contributed by atoms with van der Waals surface area (Å²) >= 11 is 0. The van der Waals surface area contributed by atoms with Crippen LogP contribution in [0.1, 0.15) is 41.0 Å². The lowest BCUT2D eigenvalue weighted by Crippen LogP contribution is -2.49. The van der Waals surface area contributed by atoms with E-state index in [0.717, 1.165) is 38.6 Å². The highest BCUT2D eigenvalue weighted by Gasteiger charge is 2.27. The van der Waals surface area contributed by atoms with Gasteiger partial charge in [0, 0.05) is 37.7 Å². The van der Waals surface area contributed by atoms with Crippen molar-refractivity contribution in [2.75, 3.05) is 32.8 Å². The van der Waals surface area contributed by atoms with Gasteiger partial charge in [0.25, 0.3) is 0 Å². The summed E-state index contributed by atoms with van der Waals surface area (Å²) < 4.78 is 5.68. The Balaban J connectivity index is 2.53. The lowest BCUT2D eigenvalue weighted by atomic mass is 9.94. The van der Waals surface area contributed by atoms with Gasteiger partial charge in [-0.15, -0.1) is 0 Å². The summed E-state index contributed by atoms with van der Waals surface area (Å²) in [6.07, 6.45) is 1.16. The number of hydrogen-bond acceptors (Lipinski definition) is 3. The molecule has 0 aliphatic carbocycles. The van der Waals surface area contributed by atoms with E-state index in [2.05, 4.69) is 44.8 Å². The van der Waals surface area contributed by atoms with Crippen LogP contribution in [-0.4, -0.2) is 49.8 Å². The molecular weight excluding hydrogens is 224 g/mol. The van der Waals surface area contributed by atoms with Crippen LogP contribution in [0.4, 0.5) is 0 Å². The van der Waals surface area contributed by atoms with Gasteiger partial charge in [-0.25, -0.2) is 0 Å². The first-order chi connectivity index (χ1) is 8.54. The Labute approximate surface area is 113 Å². The molecule has 1 rings (SSSR count). The minimum absolute atomic E-state index is 0.622. The minimum Gasteiger partial charge on any atom is -0.381 e. The first kappa shape index (κ1) is 15.9. The van der Waals surface area contributed by atoms with Crippen molar-refractivity contribution in [1.29, 1.82) is 0 Å². The maximum Gasteiger partial charge on any atom is 0.0521 e. The van der Waals surface area contributed by atoms with Crippen molar-refractivity contribution in [2.24, 2.45) is 11.8 Å². The number of ether oxygens (including phenoxy) is 1. The number of rotatable bonds is 7. The van der Waals surface area contributed by atoms with Gasteiger partial charge in [-0.3, -0.25) is 0 Å². The minimum atomic E-state index is 0.622. The molecule has 1 aliphatic rings. The highest BCUT2D eigenvalue weighted by atomic mass is 16.5. The summed E-state index contributed by atoms with van der Waals surface area (Å²) in [5, 5.41) is 3.63. The Bertz CT molecular complexity index is 217. The van der Waals surface area contributed by atoms with E-state index in [1.54, 1.807) is 0 Å². The molecule has 0 aromatic rings. The second-order valence-corrected chi connectivity index (χ2v) is 6.23. The van der Waals surface area contributed by atoms with E-state index in [0.29, 0.717) is 18.0 Å². The molecule has 0 bridgehead atoms. The predicted octanol–water partition coefficient (Wildman–Crippen LogP) is 2.37. The van der Waals surface area contributed by atoms with Crippen LogP contribution in [-0.2, 0) is 4.74 Å². The second kappa shape index (κ2) is 8.13. The zero-order valence-corrected chi connectivity index (χ0v) is 12.9. The molecule has 3 nitrogen and oxygen atoms in total. The van der Waals surface area contributed by atoms with Crippen molar-refractivity contribution in [3.05, 3.63) is 0 Å². The Hall–Kier alpha value is -0.120. The van der Waals surface area contributed by atoms with Crippen molar-refractivity contribution in [2.45, 2.75) is 53.1 Å². The number of nitrogens with zero attached hydrogens (tertiary/aromatic N) is 1. The third-order valence-corrected chi connectivity index (χ3v) is 3.74. The van der Waals surface area contributed by atoms with Gasteiger partial charge >= 0.3 is 0 Å². The van der Waals surface area contributed by atoms with Crippen LogP contribution in [0.3, 0.4) is 0 Å². The summed E-state index contributed by atoms with van der Waals surface area (Å²) in [4.78, 5) is 2.61. The van der Waals surface area contributed by atoms with E-state index in [1.807, 2.05) is 0 Å². The van der Waals surface area contributed by atoms with E-state index in [9.17, 15) is 0 Å². The molecule has 2 atom stereocenters. The third-order valence-electron chi connectivity index (χ3n) is 3.74. The van der Waals surface area contributed by atoms with Crippen LogP contribution >= 0.6 is 0 Å². The van der Waals surface area contributed by atoms with Gasteiger partial charge in [-0.05, 0) is 32.7 Å². The maximum absolute atomic E-state index is 5.68. The van der Waals surface area contributed by atoms with Gasteiger partial charge in [0.1, 0.15) is 0 Å². The van der Waals surface area contributed by atoms with Crippen LogP contribution in [0.5, 0.6) is 0 Å². The zero-order chi connectivity index (χ0) is 13.5. The summed E-state index contributed by atoms with van der Waals surface area (Å²) in [5.41, 5.74) is 0. The molecular formula is C15H32N2O. The number of hydrogen-bond donors (Lipinski definition) is 1. The first-order valence-electron chi connectivity index (χ1n) is 7.59. The van der Waals surface area contributed by atoms with Gasteiger partial charge in [0.05, 0.1) is 6.61 Å². The highest BCUT2D eigenvalue weighted by molar-refractivity contribution is 4.83. The van der Waals surface area contributed by atoms with Gasteiger partial charge < -0.3 is 15.0 Å². The molecule has 0 saturated carbocycles. The molecule has 2 unspecified atom stereocenters. The van der Waals surface area contributed by atoms with E-state index in [4.69, 9.17) is 4.74 Å². The van der Waals surface area contributed by atoms with Crippen LogP contribution < -0.4 is 5.32 Å². The maximum atomic E-state index is 5.68. The lowest BCUT2D eigenvalue weighted by molar-refractivity contribution is 0.0107. The fraction of sp³-hybridized carbons (Fsp3) is 1.00. The molecule has 108 valence electrons. The summed E-state index contributed by atoms with van der Waals surface area (Å²) in [5.74, 6) is 1.37. The van der Waals surface area contributed by atoms with Crippen LogP contribution in [0.25, 0.3) is 0 Å². The SMILES string of the molecule is CCNC1CCOCC1CN(CC(C)C)C(C)C. The Morgan fingerprint density at radius 3 is 2.56 bits per heavy atom. The van der Waals surface area contributed by atoms with Crippen molar-refractivity contribution in [1.82, 2.24) is 10.2 Å². The Morgan fingerprint density at radius 1 is 1.28 bits per heavy atom. The molecule has 1 fully saturated rings. The third kappa shape index (κ3) is 5.25. The Kier molecular flexibility index (Phi) is 7.20. The topological polar surface area (TPSA) is 24.5 Å². The second-order valence-electron chi connectivity index (χ2n) is 6.23. The number of nitrogens with one attached hydrogen (secondary N) is 1. The standard InChI is InChI=1S/C15H32N2O/c1-6-16-15-7-8-18-11-14(15)10-17(13(4)5)9-12(2)3/h12-16H,6-11H2,1-5H3. The van der Waals surface area contributed by atoms with E-state index < -0.39 is 0 Å². The Morgan fingerprint density at radius 2 is 2.00 bits per heavy atom. The molecule has 0 radical (unpaired) electrons. The molecule has 1 saturated heterocycles. The first-order valence-corrected chi connectivity index (χ1v) is 7.59. The normalized spacial score (nSPS) is 25.3. The molecule has 0 aromatic heterocycles. The fourth-order valence-electron chi connectivity index (χ4n) is 2.77. The van der Waals surface area contributed by atoms with Crippen LogP contribution in [0.2, 0.25) is 0 Å². The molecule has 0 aromatic carbocycles. The molecule has 18 heavy (non-hydrogen) atoms. The van der Waals surface area contributed by atoms with Crippen molar-refractivity contribution >= 4 is 0 Å². The van der Waals surface area contributed by atoms with Gasteiger partial charge in [0.15, 0.2) is 0 Å². The molecule has 0 spiro atoms. The molecule has 1 heterocycles. The molecule has 3 heteroatoms. The summed E-state index contributed by atoms with van der Waals surface area (Å²) in [7, 11) is 0. The lowest BCUT2D eigenvalue weighted by Gasteiger charge is -2.38. The van der Waals surface area contributed by atoms with Gasteiger partial charge in [-0.2, -0.15) is 0 Å². The predicted molar refractivity (Wildman–Crippen MR) is 77.9 cm³/mol. The van der Waals surface area contributed by atoms with Crippen molar-refractivity contribution < 1.29 is 4.74 Å². The van der Waals surface area contributed by atoms with E-state index >= 15 is 0 Å². The molecule has 0 amide bonds. The average Bonchev–Trinajstić information content (AvgIpc) is 2.30. The largest absolute Gasteiger partial charge is 0.381 e. The van der Waals surface area contributed by atoms with Gasteiger partial charge in [-0.1, -0.05) is 20.8 Å². The molecule has 1 N–H and O–H groups in total. The highest BCUT2D eigenvalue weighted by Crippen LogP contribution is 2.18. The van der Waals surface area contributed by atoms with Gasteiger partial charge in [0.2, 0.25) is 0 Å². The quantitative estimate of drug-likeness (QED) is 0.757. The zero-order valence-electron chi connectivity index (χ0n) is 12.9. The smallest absolute Gasteiger partial charge is 0.0521 e. The van der Waals surface area contributed by atoms with E-state index in [-0.39, 0.29) is 0 Å². The summed E-state index contributed by atoms with van der Waals surface area (Å²) in [6.45, 7) is 16.6. The summed E-state index contributed by atoms with van der Waals surface area (Å²) in [6, 6.07) is 1.26. The van der Waals surface area contributed by atoms with Crippen molar-refractivity contribution in [3.8, 4) is 0 Å². The van der Waals surface area contributed by atoms with E-state index in [1.165, 1.54) is 6.54 Å². The van der Waals surface area contributed by atoms with Crippen LogP contribution in [0, 0.1) is 11.8 Å². The average molecular weight is 256 g/mol. The molecule has 1 aliphatic heterocycles. The van der Waals surface area contributed by atoms with Crippen LogP contribution in [0.15, 0.2) is 0 Å². The fourth-order valence-corrected chi connectivity index (χ4v) is 2.77.